The molecule has 0 saturated carbocycles. The molecule has 6 aromatic carbocycles. The Bertz CT molecular complexity index is 3830. The second kappa shape index (κ2) is 40.3. The number of alkyl halides is 2. The van der Waals surface area contributed by atoms with Gasteiger partial charge in [0.05, 0.1) is 73.5 Å². The number of carbonyl (C=O) groups is 5. The Labute approximate surface area is 603 Å². The van der Waals surface area contributed by atoms with Crippen LogP contribution in [0, 0.1) is 11.6 Å². The molecular weight excluding hydrogens is 1780 g/mol. The first-order valence-electron chi connectivity index (χ1n) is 23.2. The molecule has 0 aliphatic rings. The largest absolute Gasteiger partial charge is 0.477 e. The van der Waals surface area contributed by atoms with Crippen LogP contribution in [0.15, 0.2) is 135 Å². The van der Waals surface area contributed by atoms with Crippen LogP contribution >= 0.6 is 246 Å². The third-order valence-corrected chi connectivity index (χ3v) is 21.0. The van der Waals surface area contributed by atoms with Crippen LogP contribution in [-0.2, 0) is 19.0 Å². The zero-order valence-electron chi connectivity index (χ0n) is 43.6. The van der Waals surface area contributed by atoms with Crippen LogP contribution in [0.25, 0.3) is 40.3 Å². The van der Waals surface area contributed by atoms with Crippen LogP contribution in [0.3, 0.4) is 0 Å². The maximum Gasteiger partial charge on any atom is 0.348 e. The Balaban J connectivity index is 0.000000262. The summed E-state index contributed by atoms with van der Waals surface area (Å²) in [6, 6.07) is 27.7. The second-order valence-electron chi connectivity index (χ2n) is 15.4. The molecule has 0 saturated heterocycles. The lowest BCUT2D eigenvalue weighted by molar-refractivity contribution is -0.139. The number of rotatable bonds is 8. The Morgan fingerprint density at radius 3 is 1.49 bits per heavy atom. The van der Waals surface area contributed by atoms with Gasteiger partial charge in [0, 0.05) is 66.4 Å². The van der Waals surface area contributed by atoms with Gasteiger partial charge in [0.25, 0.3) is 0 Å². The highest BCUT2D eigenvalue weighted by molar-refractivity contribution is 9.11. The third-order valence-electron chi connectivity index (χ3n) is 9.84. The molecule has 0 spiro atoms. The van der Waals surface area contributed by atoms with Gasteiger partial charge in [-0.15, -0.1) is 45.3 Å². The van der Waals surface area contributed by atoms with Crippen LogP contribution in [0.5, 0.6) is 0 Å². The van der Waals surface area contributed by atoms with Crippen molar-refractivity contribution in [3.63, 3.8) is 0 Å². The summed E-state index contributed by atoms with van der Waals surface area (Å²) in [5.74, 6) is -2.39. The molecule has 10 rings (SSSR count). The van der Waals surface area contributed by atoms with E-state index in [-0.39, 0.29) is 33.3 Å². The number of benzene rings is 6. The molecule has 0 bridgehead atoms. The summed E-state index contributed by atoms with van der Waals surface area (Å²) >= 11 is 73.8. The smallest absolute Gasteiger partial charge is 0.348 e. The van der Waals surface area contributed by atoms with Crippen LogP contribution < -0.4 is 0 Å². The second-order valence-corrected chi connectivity index (χ2v) is 28.3. The van der Waals surface area contributed by atoms with Crippen LogP contribution in [0.4, 0.5) is 8.78 Å². The topological polar surface area (TPSA) is 133 Å². The van der Waals surface area contributed by atoms with E-state index in [0.29, 0.717) is 58.8 Å². The first-order valence-corrected chi connectivity index (χ1v) is 35.2. The summed E-state index contributed by atoms with van der Waals surface area (Å²) in [6.45, 7) is 4.37. The molecule has 0 aliphatic heterocycles. The molecule has 10 aromatic rings. The van der Waals surface area contributed by atoms with Crippen molar-refractivity contribution in [1.29, 1.82) is 0 Å². The van der Waals surface area contributed by atoms with E-state index in [1.807, 2.05) is 47.2 Å². The number of aromatic carboxylic acids is 1. The number of carbonyl (C=O) groups excluding carboxylic acids is 4. The van der Waals surface area contributed by atoms with Gasteiger partial charge in [-0.2, -0.15) is 12.6 Å². The number of fused-ring (bicyclic) bond motifs is 4. The Morgan fingerprint density at radius 2 is 1.06 bits per heavy atom. The first-order chi connectivity index (χ1) is 40.7. The molecule has 30 heteroatoms. The number of methoxy groups -OCH3 is 1. The minimum absolute atomic E-state index is 0.0440. The van der Waals surface area contributed by atoms with Gasteiger partial charge in [-0.25, -0.2) is 18.4 Å². The van der Waals surface area contributed by atoms with Gasteiger partial charge in [-0.1, -0.05) is 172 Å². The van der Waals surface area contributed by atoms with Crippen molar-refractivity contribution in [1.82, 2.24) is 0 Å². The summed E-state index contributed by atoms with van der Waals surface area (Å²) in [5.41, 5.74) is 0.645. The summed E-state index contributed by atoms with van der Waals surface area (Å²) in [5, 5.41) is 18.8. The lowest BCUT2D eigenvalue weighted by Gasteiger charge is -1.98. The van der Waals surface area contributed by atoms with E-state index in [1.165, 1.54) is 70.8 Å². The molecule has 1 N–H and O–H groups in total. The summed E-state index contributed by atoms with van der Waals surface area (Å²) < 4.78 is 47.7. The van der Waals surface area contributed by atoms with Crippen molar-refractivity contribution in [2.24, 2.45) is 0 Å². The van der Waals surface area contributed by atoms with Crippen molar-refractivity contribution in [2.45, 2.75) is 18.9 Å². The molecule has 0 fully saturated rings. The number of carboxylic acid groups (broad SMARTS) is 1. The lowest BCUT2D eigenvalue weighted by atomic mass is 10.2. The predicted molar refractivity (Wildman–Crippen MR) is 383 cm³/mol. The molecule has 0 radical (unpaired) electrons. The molecule has 0 amide bonds. The average Bonchev–Trinajstić information content (AvgIpc) is 4.11. The molecule has 4 aromatic heterocycles. The molecule has 86 heavy (non-hydrogen) atoms. The van der Waals surface area contributed by atoms with Gasteiger partial charge in [0.1, 0.15) is 15.6 Å². The standard InChI is InChI=1S/C11H8BrClO2S.C9H4BrClO2S.C9H4BrClOS.C8H4BrClS.C7H3BrClFO.C6H3BrClF.C4H8O2S.C2H4Cl2O/c1-2-15-11(14)9-5-6-7(12)3-4-8(13)10(6)16-9;10-5-1-2-6(11)8-4(5)3-7(14-8)9(12)13;10-6-1-2-7(11)9-8(6)5(3-12)4-13-9;9-6-1-2-7(10)8-5(6)3-4-11-8;8-5-1-2-6(9)7(10)4(5)3-11;7-4-1-2-5(8)6(9)3-4;1-2-6-4(5)3-7;1-5-2(3)4/h3-5H,2H2,1H3;1-3H,(H,12,13);1-4H;1-4H;1-3H;1-3H;7H,2-3H2,1H3;2H,1H3. The molecule has 0 atom stereocenters. The highest BCUT2D eigenvalue weighted by atomic mass is 79.9. The minimum atomic E-state index is -0.922. The number of hydrogen-bond acceptors (Lipinski definition) is 13. The number of esters is 2. The van der Waals surface area contributed by atoms with E-state index in [1.54, 1.807) is 55.5 Å². The van der Waals surface area contributed by atoms with Crippen molar-refractivity contribution in [2.75, 3.05) is 26.1 Å². The number of halogens is 16. The van der Waals surface area contributed by atoms with E-state index < -0.39 is 22.6 Å². The summed E-state index contributed by atoms with van der Waals surface area (Å²) in [7, 11) is 1.44. The lowest BCUT2D eigenvalue weighted by Crippen LogP contribution is -2.03. The molecule has 0 unspecified atom stereocenters. The van der Waals surface area contributed by atoms with Crippen LogP contribution in [0.2, 0.25) is 30.1 Å². The number of carboxylic acids is 1. The van der Waals surface area contributed by atoms with Crippen molar-refractivity contribution in [3.8, 4) is 0 Å². The van der Waals surface area contributed by atoms with Crippen molar-refractivity contribution in [3.05, 3.63) is 197 Å². The maximum atomic E-state index is 12.9. The summed E-state index contributed by atoms with van der Waals surface area (Å²) in [4.78, 5) is 54.3. The zero-order chi connectivity index (χ0) is 64.5. The molecule has 9 nitrogen and oxygen atoms in total. The first kappa shape index (κ1) is 78.5. The normalized spacial score (nSPS) is 10.2. The van der Waals surface area contributed by atoms with Gasteiger partial charge in [-0.05, 0) is 132 Å². The predicted octanol–water partition coefficient (Wildman–Crippen LogP) is 25.1. The highest BCUT2D eigenvalue weighted by Gasteiger charge is 2.16. The molecule has 0 aliphatic carbocycles. The molecule has 4 heterocycles. The minimum Gasteiger partial charge on any atom is -0.477 e. The van der Waals surface area contributed by atoms with Crippen LogP contribution in [-0.4, -0.2) is 66.7 Å². The fourth-order valence-electron chi connectivity index (χ4n) is 6.03. The fourth-order valence-corrected chi connectivity index (χ4v) is 14.4. The number of thiol groups is 1. The van der Waals surface area contributed by atoms with E-state index >= 15 is 0 Å². The van der Waals surface area contributed by atoms with Crippen molar-refractivity contribution < 1.29 is 52.1 Å². The number of hydrogen-bond donors (Lipinski definition) is 2. The Kier molecular flexibility index (Phi) is 36.8. The van der Waals surface area contributed by atoms with Gasteiger partial charge >= 0.3 is 17.9 Å². The summed E-state index contributed by atoms with van der Waals surface area (Å²) in [6.07, 6.45) is 1.27. The number of thiophene rings is 4. The maximum absolute atomic E-state index is 12.9. The van der Waals surface area contributed by atoms with Gasteiger partial charge in [0.2, 0.25) is 5.02 Å². The average molecular weight is 1820 g/mol. The van der Waals surface area contributed by atoms with E-state index in [4.69, 9.17) is 103 Å². The SMILES string of the molecule is CCOC(=O)CS.CCOC(=O)c1cc2c(Br)ccc(Cl)c2s1.COC(Cl)Cl.Clc1ccc(Br)c2ccsc12.Fc1cc(Br)ccc1Cl.O=C(O)c1cc2c(Br)ccc(Cl)c2s1.O=Cc1c(Br)ccc(Cl)c1F.O=Cc1csc2c(Cl)ccc(Br)c12. The highest BCUT2D eigenvalue weighted by Crippen LogP contribution is 2.39. The monoisotopic (exact) mass is 1810 g/mol. The zero-order valence-corrected chi connectivity index (χ0v) is 63.3. The Hall–Kier alpha value is -1.72. The fraction of sp³-hybridized carbons (Fsp3) is 0.125. The van der Waals surface area contributed by atoms with Gasteiger partial charge in [-0.3, -0.25) is 14.4 Å². The number of ether oxygens (including phenoxy) is 3. The van der Waals surface area contributed by atoms with E-state index in [2.05, 4.69) is 124 Å². The van der Waals surface area contributed by atoms with Crippen molar-refractivity contribution >= 4 is 317 Å². The van der Waals surface area contributed by atoms with Gasteiger partial charge in [0.15, 0.2) is 18.4 Å². The molecule has 458 valence electrons. The van der Waals surface area contributed by atoms with E-state index in [9.17, 15) is 32.8 Å². The van der Waals surface area contributed by atoms with Crippen LogP contribution in [0.1, 0.15) is 53.9 Å². The molecular formula is C56H38Br6Cl8F2O9S5. The quantitative estimate of drug-likeness (QED) is 0.0501. The van der Waals surface area contributed by atoms with Gasteiger partial charge < -0.3 is 19.3 Å². The number of aldehydes is 2. The van der Waals surface area contributed by atoms with E-state index in [0.717, 1.165) is 64.2 Å². The third kappa shape index (κ3) is 24.4. The Morgan fingerprint density at radius 1 is 0.593 bits per heavy atom.